The average Bonchev–Trinajstić information content (AvgIpc) is 3.08. The molecule has 0 amide bonds. The van der Waals surface area contributed by atoms with Gasteiger partial charge in [-0.05, 0) is 22.9 Å². The fourth-order valence-electron chi connectivity index (χ4n) is 2.96. The maximum Gasteiger partial charge on any atom is 0.131 e. The molecule has 23 heavy (non-hydrogen) atoms. The van der Waals surface area contributed by atoms with Gasteiger partial charge >= 0.3 is 0 Å². The fraction of sp³-hybridized carbons (Fsp3) is 0. The van der Waals surface area contributed by atoms with Gasteiger partial charge in [0.15, 0.2) is 0 Å². The molecule has 0 spiro atoms. The van der Waals surface area contributed by atoms with Crippen molar-refractivity contribution in [1.82, 2.24) is 9.38 Å². The van der Waals surface area contributed by atoms with Crippen LogP contribution in [0.25, 0.3) is 37.7 Å². The molecule has 0 N–H and O–H groups in total. The third-order valence-corrected chi connectivity index (χ3v) is 4.60. The molecule has 2 aromatic carbocycles. The zero-order valence-electron chi connectivity index (χ0n) is 12.4. The number of aromatic nitrogens is 2. The molecule has 2 radical (unpaired) electrons. The molecular weight excluding hydrogens is 557 g/mol. The van der Waals surface area contributed by atoms with Crippen LogP contribution in [0.1, 0.15) is 0 Å². The summed E-state index contributed by atoms with van der Waals surface area (Å²) < 4.78 is 2.25. The number of fused-ring (bicyclic) bond motifs is 8. The predicted molar refractivity (Wildman–Crippen MR) is 90.8 cm³/mol. The molecule has 0 aliphatic carbocycles. The molecule has 3 heterocycles. The van der Waals surface area contributed by atoms with Gasteiger partial charge in [0, 0.05) is 58.3 Å². The van der Waals surface area contributed by atoms with Crippen molar-refractivity contribution in [2.75, 3.05) is 0 Å². The monoisotopic (exact) mass is 570 g/mol. The minimum absolute atomic E-state index is 0. The second-order valence-corrected chi connectivity index (χ2v) is 5.75. The zero-order valence-corrected chi connectivity index (χ0v) is 18.5. The number of hydrogen-bond donors (Lipinski definition) is 0. The standard InChI is InChI=1S/C17H9N2S.CH3.Ir.Y/c1-2-7-13-11(5-1)12-6-3-4-8-14(12)19-15-9-10-20-17(15)18-16(13)19;;;/h1-6,8-10H;1H3;;/q2*-1;;. The van der Waals surface area contributed by atoms with E-state index in [-0.39, 0.29) is 60.2 Å². The molecule has 0 unspecified atom stereocenters. The number of nitrogens with zero attached hydrogens (tertiary/aromatic N) is 2. The number of rotatable bonds is 0. The van der Waals surface area contributed by atoms with E-state index in [4.69, 9.17) is 4.98 Å². The number of para-hydroxylation sites is 1. The van der Waals surface area contributed by atoms with E-state index in [9.17, 15) is 0 Å². The summed E-state index contributed by atoms with van der Waals surface area (Å²) in [5, 5.41) is 5.65. The van der Waals surface area contributed by atoms with Gasteiger partial charge in [-0.1, -0.05) is 23.6 Å². The molecule has 0 saturated heterocycles. The molecule has 5 rings (SSSR count). The van der Waals surface area contributed by atoms with Gasteiger partial charge in [0.25, 0.3) is 0 Å². The smallest absolute Gasteiger partial charge is 0.131 e. The summed E-state index contributed by atoms with van der Waals surface area (Å²) >= 11 is 1.68. The van der Waals surface area contributed by atoms with Gasteiger partial charge in [0.05, 0.1) is 11.2 Å². The third kappa shape index (κ3) is 2.61. The molecule has 5 heteroatoms. The Balaban J connectivity index is 0.000000640. The first-order valence-corrected chi connectivity index (χ1v) is 7.38. The van der Waals surface area contributed by atoms with Crippen LogP contribution in [0.3, 0.4) is 0 Å². The van der Waals surface area contributed by atoms with Gasteiger partial charge in [0.2, 0.25) is 0 Å². The van der Waals surface area contributed by atoms with Crippen molar-refractivity contribution in [2.45, 2.75) is 0 Å². The molecule has 0 aliphatic rings. The second kappa shape index (κ2) is 7.08. The minimum Gasteiger partial charge on any atom is -0.358 e. The average molecular weight is 569 g/mol. The summed E-state index contributed by atoms with van der Waals surface area (Å²) in [5.74, 6) is 0. The van der Waals surface area contributed by atoms with Gasteiger partial charge in [0.1, 0.15) is 4.83 Å². The van der Waals surface area contributed by atoms with Crippen LogP contribution >= 0.6 is 11.3 Å². The summed E-state index contributed by atoms with van der Waals surface area (Å²) in [7, 11) is 0. The Morgan fingerprint density at radius 1 is 0.957 bits per heavy atom. The van der Waals surface area contributed by atoms with E-state index in [1.807, 2.05) is 12.1 Å². The van der Waals surface area contributed by atoms with E-state index in [1.54, 1.807) is 11.3 Å². The Morgan fingerprint density at radius 3 is 2.61 bits per heavy atom. The third-order valence-electron chi connectivity index (χ3n) is 3.80. The first-order valence-electron chi connectivity index (χ1n) is 6.50. The first-order chi connectivity index (χ1) is 9.93. The fourth-order valence-corrected chi connectivity index (χ4v) is 3.71. The number of hydrogen-bond acceptors (Lipinski definition) is 2. The molecule has 0 fully saturated rings. The zero-order chi connectivity index (χ0) is 13.1. The summed E-state index contributed by atoms with van der Waals surface area (Å²) in [4.78, 5) is 5.89. The largest absolute Gasteiger partial charge is 0.358 e. The molecular formula is C18H12IrN2SY-2. The van der Waals surface area contributed by atoms with Crippen LogP contribution in [0.2, 0.25) is 0 Å². The van der Waals surface area contributed by atoms with Gasteiger partial charge in [-0.2, -0.15) is 0 Å². The Labute approximate surface area is 177 Å². The van der Waals surface area contributed by atoms with Crippen molar-refractivity contribution >= 4 is 49.0 Å². The van der Waals surface area contributed by atoms with E-state index in [1.165, 1.54) is 21.8 Å². The van der Waals surface area contributed by atoms with Crippen molar-refractivity contribution in [1.29, 1.82) is 0 Å². The maximum atomic E-state index is 4.80. The molecule has 0 bridgehead atoms. The molecule has 0 atom stereocenters. The van der Waals surface area contributed by atoms with Crippen molar-refractivity contribution in [2.24, 2.45) is 0 Å². The summed E-state index contributed by atoms with van der Waals surface area (Å²) in [6.07, 6.45) is 0. The topological polar surface area (TPSA) is 17.3 Å². The Bertz CT molecular complexity index is 1080. The van der Waals surface area contributed by atoms with Crippen molar-refractivity contribution in [3.63, 3.8) is 0 Å². The molecule has 0 saturated carbocycles. The van der Waals surface area contributed by atoms with Crippen LogP contribution in [0, 0.1) is 13.5 Å². The molecule has 5 aromatic rings. The van der Waals surface area contributed by atoms with Crippen LogP contribution < -0.4 is 0 Å². The van der Waals surface area contributed by atoms with E-state index >= 15 is 0 Å². The first kappa shape index (κ1) is 18.7. The van der Waals surface area contributed by atoms with E-state index in [2.05, 4.69) is 52.2 Å². The SMILES string of the molecule is [CH3-].[Ir].[Y].[c-]1cccc2c1c1nc3sccc3n1c1ccccc21. The molecule has 3 aromatic heterocycles. The Hall–Kier alpha value is -0.637. The molecule has 114 valence electrons. The molecule has 2 nitrogen and oxygen atoms in total. The minimum atomic E-state index is 0. The summed E-state index contributed by atoms with van der Waals surface area (Å²) in [5.41, 5.74) is 3.39. The van der Waals surface area contributed by atoms with Crippen molar-refractivity contribution < 1.29 is 52.8 Å². The van der Waals surface area contributed by atoms with E-state index < -0.39 is 0 Å². The number of benzene rings is 2. The summed E-state index contributed by atoms with van der Waals surface area (Å²) in [6.45, 7) is 0. The van der Waals surface area contributed by atoms with Gasteiger partial charge in [-0.3, -0.25) is 4.98 Å². The quantitative estimate of drug-likeness (QED) is 0.188. The number of thiophene rings is 1. The van der Waals surface area contributed by atoms with Crippen molar-refractivity contribution in [3.8, 4) is 0 Å². The Kier molecular flexibility index (Phi) is 5.76. The van der Waals surface area contributed by atoms with Crippen LogP contribution in [0.5, 0.6) is 0 Å². The number of imidazole rings is 1. The van der Waals surface area contributed by atoms with Crippen LogP contribution in [-0.2, 0) is 52.8 Å². The Morgan fingerprint density at radius 2 is 1.74 bits per heavy atom. The van der Waals surface area contributed by atoms with E-state index in [0.29, 0.717) is 0 Å². The van der Waals surface area contributed by atoms with Crippen LogP contribution in [0.4, 0.5) is 0 Å². The second-order valence-electron chi connectivity index (χ2n) is 4.86. The van der Waals surface area contributed by atoms with Gasteiger partial charge in [-0.15, -0.1) is 41.0 Å². The maximum absolute atomic E-state index is 4.80. The van der Waals surface area contributed by atoms with Crippen molar-refractivity contribution in [3.05, 3.63) is 67.4 Å². The van der Waals surface area contributed by atoms with Gasteiger partial charge in [-0.25, -0.2) is 0 Å². The van der Waals surface area contributed by atoms with Crippen LogP contribution in [-0.4, -0.2) is 9.38 Å². The number of pyridine rings is 1. The van der Waals surface area contributed by atoms with E-state index in [0.717, 1.165) is 15.9 Å². The van der Waals surface area contributed by atoms with Crippen LogP contribution in [0.15, 0.2) is 53.9 Å². The summed E-state index contributed by atoms with van der Waals surface area (Å²) in [6, 6.07) is 20.1. The van der Waals surface area contributed by atoms with Gasteiger partial charge < -0.3 is 11.8 Å². The predicted octanol–water partition coefficient (Wildman–Crippen LogP) is 5.10. The normalized spacial score (nSPS) is 10.4. The molecule has 0 aliphatic heterocycles.